The molecular weight excluding hydrogens is 229 g/mol. The van der Waals surface area contributed by atoms with Crippen LogP contribution in [0, 0.1) is 0 Å². The Kier molecular flexibility index (Phi) is 12.8. The minimum atomic E-state index is -0.907. The standard InChI is InChI=1S/2C3H7NO2.Zn/c2*1-4(2)3(5)6;/h2*1-2H3,(H,5,6);. The summed E-state index contributed by atoms with van der Waals surface area (Å²) < 4.78 is 0. The van der Waals surface area contributed by atoms with Crippen LogP contribution in [0.4, 0.5) is 9.59 Å². The van der Waals surface area contributed by atoms with Crippen LogP contribution in [-0.2, 0) is 19.5 Å². The van der Waals surface area contributed by atoms with Gasteiger partial charge in [-0.3, -0.25) is 0 Å². The van der Waals surface area contributed by atoms with E-state index in [9.17, 15) is 9.59 Å². The molecule has 2 amide bonds. The molecule has 0 saturated carbocycles. The first-order valence-corrected chi connectivity index (χ1v) is 3.09. The van der Waals surface area contributed by atoms with E-state index in [-0.39, 0.29) is 19.5 Å². The largest absolute Gasteiger partial charge is 0.465 e. The number of hydrogen-bond donors (Lipinski definition) is 2. The summed E-state index contributed by atoms with van der Waals surface area (Å²) in [5.74, 6) is 0. The molecule has 0 bridgehead atoms. The fourth-order valence-electron chi connectivity index (χ4n) is 0. The van der Waals surface area contributed by atoms with E-state index in [1.165, 1.54) is 28.2 Å². The summed E-state index contributed by atoms with van der Waals surface area (Å²) in [6.07, 6.45) is -1.81. The van der Waals surface area contributed by atoms with E-state index in [0.717, 1.165) is 9.80 Å². The molecule has 0 spiro atoms. The van der Waals surface area contributed by atoms with Gasteiger partial charge in [-0.2, -0.15) is 0 Å². The van der Waals surface area contributed by atoms with Crippen LogP contribution in [0.15, 0.2) is 0 Å². The number of carbonyl (C=O) groups is 2. The molecule has 0 aromatic carbocycles. The number of carboxylic acid groups (broad SMARTS) is 2. The van der Waals surface area contributed by atoms with Crippen molar-refractivity contribution in [2.45, 2.75) is 0 Å². The second-order valence-electron chi connectivity index (χ2n) is 2.35. The van der Waals surface area contributed by atoms with E-state index in [1.807, 2.05) is 0 Å². The van der Waals surface area contributed by atoms with Crippen LogP contribution in [0.2, 0.25) is 0 Å². The first-order valence-electron chi connectivity index (χ1n) is 3.09. The number of amides is 2. The molecule has 0 aromatic rings. The van der Waals surface area contributed by atoms with Crippen molar-refractivity contribution < 1.29 is 39.3 Å². The fraction of sp³-hybridized carbons (Fsp3) is 0.667. The summed E-state index contributed by atoms with van der Waals surface area (Å²) >= 11 is 0. The number of hydrogen-bond acceptors (Lipinski definition) is 2. The molecule has 7 heteroatoms. The van der Waals surface area contributed by atoms with E-state index in [1.54, 1.807) is 0 Å². The monoisotopic (exact) mass is 242 g/mol. The van der Waals surface area contributed by atoms with Gasteiger partial charge in [0.25, 0.3) is 0 Å². The maximum Gasteiger partial charge on any atom is 0.406 e. The molecule has 0 unspecified atom stereocenters. The zero-order valence-electron chi connectivity index (χ0n) is 8.31. The van der Waals surface area contributed by atoms with E-state index >= 15 is 0 Å². The van der Waals surface area contributed by atoms with Crippen molar-refractivity contribution in [2.75, 3.05) is 28.2 Å². The molecular formula is C6H14N2O4Zn. The van der Waals surface area contributed by atoms with Crippen LogP contribution in [0.3, 0.4) is 0 Å². The molecule has 0 saturated heterocycles. The van der Waals surface area contributed by atoms with Gasteiger partial charge in [0.1, 0.15) is 0 Å². The Morgan fingerprint density at radius 2 is 0.923 bits per heavy atom. The van der Waals surface area contributed by atoms with E-state index < -0.39 is 12.2 Å². The van der Waals surface area contributed by atoms with Crippen molar-refractivity contribution in [2.24, 2.45) is 0 Å². The molecule has 0 aliphatic carbocycles. The van der Waals surface area contributed by atoms with Crippen LogP contribution in [0.5, 0.6) is 0 Å². The van der Waals surface area contributed by atoms with Crippen LogP contribution in [-0.4, -0.2) is 60.4 Å². The molecule has 0 heterocycles. The Morgan fingerprint density at radius 3 is 0.923 bits per heavy atom. The van der Waals surface area contributed by atoms with Gasteiger partial charge in [-0.05, 0) is 0 Å². The predicted octanol–water partition coefficient (Wildman–Crippen LogP) is 0.450. The first-order chi connectivity index (χ1) is 5.29. The van der Waals surface area contributed by atoms with Crippen molar-refractivity contribution in [3.63, 3.8) is 0 Å². The Hall–Kier alpha value is -0.837. The molecule has 74 valence electrons. The molecule has 0 aliphatic rings. The van der Waals surface area contributed by atoms with E-state index in [4.69, 9.17) is 10.2 Å². The van der Waals surface area contributed by atoms with Gasteiger partial charge in [0.05, 0.1) is 0 Å². The SMILES string of the molecule is CN(C)C(=O)O.CN(C)C(=O)O.[Zn]. The molecule has 13 heavy (non-hydrogen) atoms. The fourth-order valence-corrected chi connectivity index (χ4v) is 0. The Labute approximate surface area is 89.9 Å². The third-order valence-electron chi connectivity index (χ3n) is 0.765. The van der Waals surface area contributed by atoms with Crippen molar-refractivity contribution in [1.29, 1.82) is 0 Å². The molecule has 0 rings (SSSR count). The van der Waals surface area contributed by atoms with Gasteiger partial charge in [-0.15, -0.1) is 0 Å². The maximum absolute atomic E-state index is 9.62. The molecule has 2 N–H and O–H groups in total. The summed E-state index contributed by atoms with van der Waals surface area (Å²) in [5.41, 5.74) is 0. The maximum atomic E-state index is 9.62. The van der Waals surface area contributed by atoms with Crippen LogP contribution in [0.25, 0.3) is 0 Å². The second-order valence-corrected chi connectivity index (χ2v) is 2.35. The Balaban J connectivity index is -0.000000143. The van der Waals surface area contributed by atoms with Crippen LogP contribution in [0.1, 0.15) is 0 Å². The number of rotatable bonds is 0. The smallest absolute Gasteiger partial charge is 0.406 e. The molecule has 0 fully saturated rings. The predicted molar refractivity (Wildman–Crippen MR) is 43.4 cm³/mol. The van der Waals surface area contributed by atoms with Crippen LogP contribution >= 0.6 is 0 Å². The average molecular weight is 244 g/mol. The van der Waals surface area contributed by atoms with Crippen molar-refractivity contribution >= 4 is 12.2 Å². The molecule has 0 radical (unpaired) electrons. The van der Waals surface area contributed by atoms with Gasteiger partial charge in [-0.25, -0.2) is 9.59 Å². The zero-order chi connectivity index (χ0) is 10.3. The molecule has 6 nitrogen and oxygen atoms in total. The first kappa shape index (κ1) is 18.1. The molecule has 0 aromatic heterocycles. The van der Waals surface area contributed by atoms with Gasteiger partial charge >= 0.3 is 12.2 Å². The van der Waals surface area contributed by atoms with E-state index in [2.05, 4.69) is 0 Å². The van der Waals surface area contributed by atoms with Crippen molar-refractivity contribution in [3.8, 4) is 0 Å². The average Bonchev–Trinajstić information content (AvgIpc) is 1.88. The third kappa shape index (κ3) is 18.3. The minimum absolute atomic E-state index is 0. The summed E-state index contributed by atoms with van der Waals surface area (Å²) in [7, 11) is 5.90. The Bertz CT molecular complexity index is 143. The topological polar surface area (TPSA) is 81.1 Å². The van der Waals surface area contributed by atoms with Crippen molar-refractivity contribution in [3.05, 3.63) is 0 Å². The van der Waals surface area contributed by atoms with Gasteiger partial charge in [-0.1, -0.05) is 0 Å². The zero-order valence-corrected chi connectivity index (χ0v) is 11.3. The summed E-state index contributed by atoms with van der Waals surface area (Å²) in [6.45, 7) is 0. The number of nitrogens with zero attached hydrogens (tertiary/aromatic N) is 2. The molecule has 0 atom stereocenters. The second kappa shape index (κ2) is 9.25. The van der Waals surface area contributed by atoms with Gasteiger partial charge in [0, 0.05) is 47.7 Å². The third-order valence-corrected chi connectivity index (χ3v) is 0.765. The van der Waals surface area contributed by atoms with Crippen LogP contribution < -0.4 is 0 Å². The molecule has 0 aliphatic heterocycles. The van der Waals surface area contributed by atoms with Gasteiger partial charge < -0.3 is 20.0 Å². The summed E-state index contributed by atoms with van der Waals surface area (Å²) in [6, 6.07) is 0. The normalized spacial score (nSPS) is 7.08. The van der Waals surface area contributed by atoms with Gasteiger partial charge in [0.15, 0.2) is 0 Å². The van der Waals surface area contributed by atoms with Crippen molar-refractivity contribution in [1.82, 2.24) is 9.80 Å². The van der Waals surface area contributed by atoms with Gasteiger partial charge in [0.2, 0.25) is 0 Å². The Morgan fingerprint density at radius 1 is 0.846 bits per heavy atom. The quantitative estimate of drug-likeness (QED) is 0.605. The summed E-state index contributed by atoms with van der Waals surface area (Å²) in [4.78, 5) is 21.4. The summed E-state index contributed by atoms with van der Waals surface area (Å²) in [5, 5.41) is 15.8. The van der Waals surface area contributed by atoms with E-state index in [0.29, 0.717) is 0 Å². The minimum Gasteiger partial charge on any atom is -0.465 e.